The molecule has 1 atom stereocenters. The van der Waals surface area contributed by atoms with Crippen molar-refractivity contribution in [2.24, 2.45) is 0 Å². The molecule has 1 N–H and O–H groups in total. The molecular formula is C17H31NO3Si. The van der Waals surface area contributed by atoms with Crippen LogP contribution in [0.4, 0.5) is 0 Å². The van der Waals surface area contributed by atoms with Crippen LogP contribution in [0.15, 0.2) is 18.2 Å². The van der Waals surface area contributed by atoms with E-state index >= 15 is 0 Å². The standard InChI is InChI=1S/C17H31NO3Si/c1-13(21-22(7,8)17(2,3)4)18-12-14-9-10-15(19-5)11-16(14)20-6/h9-11,13,18H,12H2,1-8H3. The summed E-state index contributed by atoms with van der Waals surface area (Å²) in [6.07, 6.45) is 0.00713. The van der Waals surface area contributed by atoms with Crippen molar-refractivity contribution in [3.05, 3.63) is 23.8 Å². The van der Waals surface area contributed by atoms with Crippen LogP contribution in [0.1, 0.15) is 33.3 Å². The molecule has 0 fully saturated rings. The molecule has 0 saturated carbocycles. The zero-order valence-corrected chi connectivity index (χ0v) is 16.2. The summed E-state index contributed by atoms with van der Waals surface area (Å²) in [6, 6.07) is 5.86. The Labute approximate surface area is 136 Å². The summed E-state index contributed by atoms with van der Waals surface area (Å²) in [5, 5.41) is 3.64. The van der Waals surface area contributed by atoms with Gasteiger partial charge in [-0.3, -0.25) is 5.32 Å². The van der Waals surface area contributed by atoms with Crippen LogP contribution in [0, 0.1) is 0 Å². The van der Waals surface area contributed by atoms with Gasteiger partial charge < -0.3 is 13.9 Å². The molecule has 0 amide bonds. The Kier molecular flexibility index (Phi) is 6.46. The van der Waals surface area contributed by atoms with E-state index in [0.717, 1.165) is 17.1 Å². The van der Waals surface area contributed by atoms with Crippen LogP contribution < -0.4 is 14.8 Å². The molecule has 0 aromatic heterocycles. The first kappa shape index (κ1) is 19.0. The molecule has 4 nitrogen and oxygen atoms in total. The molecule has 0 aliphatic carbocycles. The second-order valence-electron chi connectivity index (χ2n) is 7.08. The first-order chi connectivity index (χ1) is 10.1. The lowest BCUT2D eigenvalue weighted by Gasteiger charge is -2.38. The van der Waals surface area contributed by atoms with E-state index in [1.165, 1.54) is 0 Å². The van der Waals surface area contributed by atoms with E-state index < -0.39 is 8.32 Å². The Balaban J connectivity index is 2.66. The number of methoxy groups -OCH3 is 2. The Morgan fingerprint density at radius 3 is 2.27 bits per heavy atom. The van der Waals surface area contributed by atoms with Gasteiger partial charge >= 0.3 is 0 Å². The summed E-state index contributed by atoms with van der Waals surface area (Å²) in [7, 11) is 1.57. The van der Waals surface area contributed by atoms with Gasteiger partial charge in [0.25, 0.3) is 0 Å². The fourth-order valence-electron chi connectivity index (χ4n) is 1.91. The number of hydrogen-bond acceptors (Lipinski definition) is 4. The third-order valence-corrected chi connectivity index (χ3v) is 8.91. The van der Waals surface area contributed by atoms with Crippen molar-refractivity contribution in [3.8, 4) is 11.5 Å². The van der Waals surface area contributed by atoms with E-state index in [-0.39, 0.29) is 11.3 Å². The van der Waals surface area contributed by atoms with Crippen molar-refractivity contribution < 1.29 is 13.9 Å². The molecule has 0 bridgehead atoms. The van der Waals surface area contributed by atoms with Crippen LogP contribution in [0.3, 0.4) is 0 Å². The molecule has 1 aromatic carbocycles. The van der Waals surface area contributed by atoms with Crippen LogP contribution in [-0.4, -0.2) is 28.8 Å². The second-order valence-corrected chi connectivity index (χ2v) is 11.8. The predicted octanol–water partition coefficient (Wildman–Crippen LogP) is 4.16. The molecule has 1 rings (SSSR count). The molecule has 0 aliphatic rings. The van der Waals surface area contributed by atoms with E-state index in [0.29, 0.717) is 6.54 Å². The Bertz CT molecular complexity index is 483. The van der Waals surface area contributed by atoms with Gasteiger partial charge in [0.05, 0.1) is 20.4 Å². The quantitative estimate of drug-likeness (QED) is 0.603. The van der Waals surface area contributed by atoms with Gasteiger partial charge in [0.2, 0.25) is 0 Å². The highest BCUT2D eigenvalue weighted by atomic mass is 28.4. The topological polar surface area (TPSA) is 39.7 Å². The zero-order chi connectivity index (χ0) is 17.0. The maximum Gasteiger partial charge on any atom is 0.194 e. The Hall–Kier alpha value is -1.04. The van der Waals surface area contributed by atoms with Gasteiger partial charge in [0, 0.05) is 18.2 Å². The molecule has 0 heterocycles. The van der Waals surface area contributed by atoms with Gasteiger partial charge in [-0.05, 0) is 31.1 Å². The SMILES string of the molecule is COc1ccc(CNC(C)O[Si](C)(C)C(C)(C)C)c(OC)c1. The van der Waals surface area contributed by atoms with Crippen molar-refractivity contribution in [2.45, 2.75) is 58.6 Å². The van der Waals surface area contributed by atoms with Gasteiger partial charge in [-0.1, -0.05) is 26.8 Å². The molecule has 126 valence electrons. The largest absolute Gasteiger partial charge is 0.497 e. The fraction of sp³-hybridized carbons (Fsp3) is 0.647. The van der Waals surface area contributed by atoms with Crippen molar-refractivity contribution in [1.82, 2.24) is 5.32 Å². The zero-order valence-electron chi connectivity index (χ0n) is 15.2. The third-order valence-electron chi connectivity index (χ3n) is 4.35. The lowest BCUT2D eigenvalue weighted by molar-refractivity contribution is 0.161. The summed E-state index contributed by atoms with van der Waals surface area (Å²) in [4.78, 5) is 0. The molecule has 5 heteroatoms. The van der Waals surface area contributed by atoms with Gasteiger partial charge in [-0.15, -0.1) is 0 Å². The summed E-state index contributed by atoms with van der Waals surface area (Å²) in [5.74, 6) is 1.62. The summed E-state index contributed by atoms with van der Waals surface area (Å²) < 4.78 is 16.9. The molecular weight excluding hydrogens is 294 g/mol. The van der Waals surface area contributed by atoms with Crippen molar-refractivity contribution in [1.29, 1.82) is 0 Å². The minimum Gasteiger partial charge on any atom is -0.497 e. The highest BCUT2D eigenvalue weighted by molar-refractivity contribution is 6.74. The molecule has 0 saturated heterocycles. The van der Waals surface area contributed by atoms with E-state index in [2.05, 4.69) is 46.1 Å². The van der Waals surface area contributed by atoms with Crippen LogP contribution >= 0.6 is 0 Å². The summed E-state index contributed by atoms with van der Waals surface area (Å²) in [5.41, 5.74) is 1.09. The van der Waals surface area contributed by atoms with E-state index in [4.69, 9.17) is 13.9 Å². The molecule has 1 unspecified atom stereocenters. The molecule has 0 aliphatic heterocycles. The third kappa shape index (κ3) is 5.00. The Morgan fingerprint density at radius 1 is 1.14 bits per heavy atom. The van der Waals surface area contributed by atoms with Crippen LogP contribution in [0.2, 0.25) is 18.1 Å². The van der Waals surface area contributed by atoms with Crippen LogP contribution in [-0.2, 0) is 11.0 Å². The van der Waals surface area contributed by atoms with Crippen LogP contribution in [0.25, 0.3) is 0 Å². The fourth-order valence-corrected chi connectivity index (χ4v) is 3.23. The summed E-state index contributed by atoms with van der Waals surface area (Å²) >= 11 is 0. The van der Waals surface area contributed by atoms with Gasteiger partial charge in [-0.25, -0.2) is 0 Å². The summed E-state index contributed by atoms with van der Waals surface area (Å²) in [6.45, 7) is 14.0. The average molecular weight is 326 g/mol. The first-order valence-electron chi connectivity index (χ1n) is 7.73. The molecule has 22 heavy (non-hydrogen) atoms. The van der Waals surface area contributed by atoms with Gasteiger partial charge in [0.15, 0.2) is 8.32 Å². The minimum absolute atomic E-state index is 0.00713. The number of benzene rings is 1. The van der Waals surface area contributed by atoms with E-state index in [9.17, 15) is 0 Å². The lowest BCUT2D eigenvalue weighted by Crippen LogP contribution is -2.46. The number of hydrogen-bond donors (Lipinski definition) is 1. The average Bonchev–Trinajstić information content (AvgIpc) is 2.43. The van der Waals surface area contributed by atoms with E-state index in [1.807, 2.05) is 18.2 Å². The number of nitrogens with one attached hydrogen (secondary N) is 1. The maximum absolute atomic E-state index is 6.30. The van der Waals surface area contributed by atoms with Crippen molar-refractivity contribution >= 4 is 8.32 Å². The van der Waals surface area contributed by atoms with Crippen LogP contribution in [0.5, 0.6) is 11.5 Å². The van der Waals surface area contributed by atoms with Crippen molar-refractivity contribution in [3.63, 3.8) is 0 Å². The predicted molar refractivity (Wildman–Crippen MR) is 94.1 cm³/mol. The lowest BCUT2D eigenvalue weighted by atomic mass is 10.2. The maximum atomic E-state index is 6.30. The van der Waals surface area contributed by atoms with Crippen molar-refractivity contribution in [2.75, 3.05) is 14.2 Å². The monoisotopic (exact) mass is 325 g/mol. The number of rotatable bonds is 7. The highest BCUT2D eigenvalue weighted by Gasteiger charge is 2.38. The normalized spacial score (nSPS) is 13.8. The number of ether oxygens (including phenoxy) is 2. The first-order valence-corrected chi connectivity index (χ1v) is 10.6. The highest BCUT2D eigenvalue weighted by Crippen LogP contribution is 2.37. The van der Waals surface area contributed by atoms with E-state index in [1.54, 1.807) is 14.2 Å². The molecule has 0 spiro atoms. The molecule has 1 aromatic rings. The van der Waals surface area contributed by atoms with Gasteiger partial charge in [-0.2, -0.15) is 0 Å². The smallest absolute Gasteiger partial charge is 0.194 e. The molecule has 0 radical (unpaired) electrons. The van der Waals surface area contributed by atoms with Gasteiger partial charge in [0.1, 0.15) is 11.5 Å². The second kappa shape index (κ2) is 7.48. The Morgan fingerprint density at radius 2 is 1.77 bits per heavy atom. The minimum atomic E-state index is -1.76.